The van der Waals surface area contributed by atoms with Gasteiger partial charge in [-0.05, 0) is 102 Å². The van der Waals surface area contributed by atoms with Crippen molar-refractivity contribution < 1.29 is 4.74 Å². The van der Waals surface area contributed by atoms with Gasteiger partial charge in [0.2, 0.25) is 0 Å². The van der Waals surface area contributed by atoms with Gasteiger partial charge in [0, 0.05) is 40.2 Å². The number of para-hydroxylation sites is 1. The fourth-order valence-corrected chi connectivity index (χ4v) is 9.26. The van der Waals surface area contributed by atoms with Crippen LogP contribution in [0.4, 0.5) is 17.1 Å². The average Bonchev–Trinajstić information content (AvgIpc) is 3.75. The smallest absolute Gasteiger partial charge is 0.125 e. The van der Waals surface area contributed by atoms with E-state index < -0.39 is 0 Å². The van der Waals surface area contributed by atoms with Crippen molar-refractivity contribution in [2.45, 2.75) is 62.1 Å². The van der Waals surface area contributed by atoms with Gasteiger partial charge in [-0.2, -0.15) is 0 Å². The van der Waals surface area contributed by atoms with Gasteiger partial charge < -0.3 is 14.5 Å². The Kier molecular flexibility index (Phi) is 7.52. The number of fused-ring (bicyclic) bond motifs is 6. The van der Waals surface area contributed by atoms with Crippen LogP contribution in [0, 0.1) is 0 Å². The molecule has 0 radical (unpaired) electrons. The molecule has 4 aromatic rings. The third-order valence-corrected chi connectivity index (χ3v) is 11.6. The molecule has 250 valence electrons. The summed E-state index contributed by atoms with van der Waals surface area (Å²) in [6.45, 7) is 0. The van der Waals surface area contributed by atoms with Crippen LogP contribution in [-0.2, 0) is 0 Å². The van der Waals surface area contributed by atoms with Crippen molar-refractivity contribution in [3.63, 3.8) is 0 Å². The predicted octanol–water partition coefficient (Wildman–Crippen LogP) is 11.6. The van der Waals surface area contributed by atoms with Crippen molar-refractivity contribution in [3.8, 4) is 5.75 Å². The van der Waals surface area contributed by atoms with E-state index in [1.807, 2.05) is 0 Å². The lowest BCUT2D eigenvalue weighted by atomic mass is 9.85. The van der Waals surface area contributed by atoms with E-state index in [9.17, 15) is 0 Å². The van der Waals surface area contributed by atoms with Crippen LogP contribution in [0.3, 0.4) is 0 Å². The van der Waals surface area contributed by atoms with Crippen molar-refractivity contribution in [3.05, 3.63) is 192 Å². The lowest BCUT2D eigenvalue weighted by Gasteiger charge is -2.36. The molecule has 2 aliphatic heterocycles. The number of benzene rings is 4. The summed E-state index contributed by atoms with van der Waals surface area (Å²) in [6, 6.07) is 36.1. The van der Waals surface area contributed by atoms with E-state index in [1.165, 1.54) is 56.2 Å². The summed E-state index contributed by atoms with van der Waals surface area (Å²) in [5.74, 6) is 1.71. The average molecular weight is 663 g/mol. The molecule has 6 aliphatic rings. The summed E-state index contributed by atoms with van der Waals surface area (Å²) in [7, 11) is 0. The van der Waals surface area contributed by atoms with E-state index in [2.05, 4.69) is 174 Å². The molecule has 0 N–H and O–H groups in total. The molecule has 0 saturated carbocycles. The van der Waals surface area contributed by atoms with Crippen LogP contribution in [0.1, 0.15) is 66.2 Å². The van der Waals surface area contributed by atoms with Gasteiger partial charge in [-0.3, -0.25) is 0 Å². The Morgan fingerprint density at radius 2 is 1.61 bits per heavy atom. The Morgan fingerprint density at radius 1 is 0.745 bits per heavy atom. The zero-order valence-electron chi connectivity index (χ0n) is 28.8. The van der Waals surface area contributed by atoms with Gasteiger partial charge in [-0.15, -0.1) is 0 Å². The number of ether oxygens (including phenoxy) is 1. The molecule has 0 spiro atoms. The van der Waals surface area contributed by atoms with Gasteiger partial charge in [0.05, 0.1) is 12.1 Å². The van der Waals surface area contributed by atoms with Crippen LogP contribution in [0.5, 0.6) is 5.75 Å². The molecular weight excluding hydrogens is 621 g/mol. The minimum Gasteiger partial charge on any atom is -0.485 e. The summed E-state index contributed by atoms with van der Waals surface area (Å²) in [5, 5.41) is 0. The number of rotatable bonds is 6. The Morgan fingerprint density at radius 3 is 2.49 bits per heavy atom. The molecule has 4 aromatic carbocycles. The molecule has 51 heavy (non-hydrogen) atoms. The maximum Gasteiger partial charge on any atom is 0.125 e. The van der Waals surface area contributed by atoms with Crippen LogP contribution in [-0.4, -0.2) is 18.2 Å². The third kappa shape index (κ3) is 5.26. The minimum atomic E-state index is 0.120. The fraction of sp³-hybridized carbons (Fsp3) is 0.208. The molecule has 4 unspecified atom stereocenters. The van der Waals surface area contributed by atoms with Crippen LogP contribution >= 0.6 is 0 Å². The molecule has 0 saturated heterocycles. The number of anilines is 3. The van der Waals surface area contributed by atoms with E-state index in [4.69, 9.17) is 4.74 Å². The van der Waals surface area contributed by atoms with Gasteiger partial charge in [0.1, 0.15) is 11.9 Å². The molecule has 0 amide bonds. The minimum absolute atomic E-state index is 0.120. The van der Waals surface area contributed by atoms with Crippen molar-refractivity contribution in [1.29, 1.82) is 0 Å². The largest absolute Gasteiger partial charge is 0.485 e. The highest BCUT2D eigenvalue weighted by Gasteiger charge is 2.40. The van der Waals surface area contributed by atoms with Crippen LogP contribution in [0.15, 0.2) is 170 Å². The maximum atomic E-state index is 6.57. The lowest BCUT2D eigenvalue weighted by Crippen LogP contribution is -2.33. The first kappa shape index (κ1) is 30.3. The van der Waals surface area contributed by atoms with Gasteiger partial charge in [0.25, 0.3) is 0 Å². The van der Waals surface area contributed by atoms with E-state index in [0.717, 1.165) is 37.9 Å². The SMILES string of the molecule is C1=CCCC(N2c3ccccc3C3C=C(c4cccc(N(c5cccc6c5C5CCC=CC5O6)C5C=CC(c6ccccc6)=CC5)c4)C=C[C@@H]32)=C1. The normalized spacial score (nSPS) is 25.2. The first-order valence-corrected chi connectivity index (χ1v) is 18.7. The second-order valence-corrected chi connectivity index (χ2v) is 14.5. The Hall–Kier alpha value is -5.54. The molecular formula is C48H42N2O. The van der Waals surface area contributed by atoms with Crippen molar-refractivity contribution in [1.82, 2.24) is 0 Å². The topological polar surface area (TPSA) is 15.7 Å². The Labute approximate surface area is 301 Å². The molecule has 10 rings (SSSR count). The van der Waals surface area contributed by atoms with Crippen LogP contribution < -0.4 is 14.5 Å². The quantitative estimate of drug-likeness (QED) is 0.191. The molecule has 3 heteroatoms. The highest BCUT2D eigenvalue weighted by atomic mass is 16.5. The zero-order chi connectivity index (χ0) is 33.7. The summed E-state index contributed by atoms with van der Waals surface area (Å²) in [5.41, 5.74) is 13.1. The summed E-state index contributed by atoms with van der Waals surface area (Å²) in [6.07, 6.45) is 31.3. The van der Waals surface area contributed by atoms with Crippen molar-refractivity contribution in [2.75, 3.05) is 9.80 Å². The zero-order valence-corrected chi connectivity index (χ0v) is 28.8. The van der Waals surface area contributed by atoms with Gasteiger partial charge in [-0.25, -0.2) is 0 Å². The van der Waals surface area contributed by atoms with Gasteiger partial charge in [-0.1, -0.05) is 121 Å². The number of hydrogen-bond donors (Lipinski definition) is 0. The first-order chi connectivity index (χ1) is 25.3. The van der Waals surface area contributed by atoms with Crippen LogP contribution in [0.25, 0.3) is 11.1 Å². The lowest BCUT2D eigenvalue weighted by molar-refractivity contribution is 0.244. The molecule has 2 heterocycles. The predicted molar refractivity (Wildman–Crippen MR) is 212 cm³/mol. The van der Waals surface area contributed by atoms with Crippen LogP contribution in [0.2, 0.25) is 0 Å². The van der Waals surface area contributed by atoms with Gasteiger partial charge >= 0.3 is 0 Å². The van der Waals surface area contributed by atoms with E-state index in [-0.39, 0.29) is 12.1 Å². The second kappa shape index (κ2) is 12.7. The molecule has 0 bridgehead atoms. The first-order valence-electron chi connectivity index (χ1n) is 18.7. The molecule has 0 fully saturated rings. The maximum absolute atomic E-state index is 6.57. The molecule has 0 aromatic heterocycles. The Balaban J connectivity index is 1.04. The summed E-state index contributed by atoms with van der Waals surface area (Å²) < 4.78 is 6.57. The number of nitrogens with zero attached hydrogens (tertiary/aromatic N) is 2. The van der Waals surface area contributed by atoms with E-state index >= 15 is 0 Å². The standard InChI is InChI=1S/C48H42N2O/c1-3-13-33(14-4-1)34-25-28-38(29-26-34)49(45-22-12-24-47-48(45)41-20-8-10-23-46(41)51-47)39-18-11-15-35(31-39)36-27-30-44-42(32-36)40-19-7-9-21-43(40)50(44)37-16-5-2-6-17-37/h1-5,7,9-16,18-19,21-28,30-32,38,41-42,44,46H,6,8,17,20,29H2/t38?,41?,42?,44-,46?/m0/s1. The molecule has 3 nitrogen and oxygen atoms in total. The second-order valence-electron chi connectivity index (χ2n) is 14.5. The highest BCUT2D eigenvalue weighted by molar-refractivity contribution is 5.84. The van der Waals surface area contributed by atoms with Crippen molar-refractivity contribution in [2.24, 2.45) is 0 Å². The monoisotopic (exact) mass is 662 g/mol. The molecule has 4 aliphatic carbocycles. The van der Waals surface area contributed by atoms with E-state index in [0.29, 0.717) is 17.9 Å². The third-order valence-electron chi connectivity index (χ3n) is 11.6. The van der Waals surface area contributed by atoms with Gasteiger partial charge in [0.15, 0.2) is 0 Å². The Bertz CT molecular complexity index is 2210. The van der Waals surface area contributed by atoms with Crippen molar-refractivity contribution >= 4 is 28.2 Å². The summed E-state index contributed by atoms with van der Waals surface area (Å²) >= 11 is 0. The van der Waals surface area contributed by atoms with E-state index in [1.54, 1.807) is 0 Å². The molecule has 5 atom stereocenters. The fourth-order valence-electron chi connectivity index (χ4n) is 9.26. The number of hydrogen-bond acceptors (Lipinski definition) is 3. The highest BCUT2D eigenvalue weighted by Crippen LogP contribution is 2.51. The number of allylic oxidation sites excluding steroid dienone is 9. The summed E-state index contributed by atoms with van der Waals surface area (Å²) in [4.78, 5) is 5.18.